The Labute approximate surface area is 124 Å². The van der Waals surface area contributed by atoms with Crippen LogP contribution >= 0.6 is 11.6 Å². The van der Waals surface area contributed by atoms with E-state index in [-0.39, 0.29) is 5.96 Å². The quantitative estimate of drug-likeness (QED) is 0.646. The van der Waals surface area contributed by atoms with Crippen molar-refractivity contribution >= 4 is 23.5 Å². The van der Waals surface area contributed by atoms with Gasteiger partial charge in [-0.25, -0.2) is 4.99 Å². The molecule has 1 aliphatic heterocycles. The van der Waals surface area contributed by atoms with E-state index in [1.165, 1.54) is 6.42 Å². The molecule has 1 saturated heterocycles. The zero-order chi connectivity index (χ0) is 14.4. The largest absolute Gasteiger partial charge is 0.369 e. The second-order valence-corrected chi connectivity index (χ2v) is 5.26. The SMILES string of the molecule is NC(=NCc1ccc(Cl)cc1)/N=C(\N)N1CCCCC1. The van der Waals surface area contributed by atoms with Gasteiger partial charge in [0.15, 0.2) is 5.96 Å². The van der Waals surface area contributed by atoms with Gasteiger partial charge in [0.05, 0.1) is 6.54 Å². The molecule has 1 aromatic carbocycles. The van der Waals surface area contributed by atoms with E-state index < -0.39 is 0 Å². The summed E-state index contributed by atoms with van der Waals surface area (Å²) < 4.78 is 0. The number of hydrogen-bond acceptors (Lipinski definition) is 1. The van der Waals surface area contributed by atoms with Crippen LogP contribution < -0.4 is 11.5 Å². The Balaban J connectivity index is 1.93. The highest BCUT2D eigenvalue weighted by atomic mass is 35.5. The molecule has 0 radical (unpaired) electrons. The fourth-order valence-corrected chi connectivity index (χ4v) is 2.23. The summed E-state index contributed by atoms with van der Waals surface area (Å²) in [5.74, 6) is 0.671. The highest BCUT2D eigenvalue weighted by Gasteiger charge is 2.12. The lowest BCUT2D eigenvalue weighted by molar-refractivity contribution is 0.339. The Morgan fingerprint density at radius 3 is 2.40 bits per heavy atom. The van der Waals surface area contributed by atoms with Gasteiger partial charge in [-0.2, -0.15) is 4.99 Å². The Morgan fingerprint density at radius 1 is 1.10 bits per heavy atom. The second-order valence-electron chi connectivity index (χ2n) is 4.82. The van der Waals surface area contributed by atoms with Crippen molar-refractivity contribution in [3.05, 3.63) is 34.9 Å². The highest BCUT2D eigenvalue weighted by Crippen LogP contribution is 2.10. The van der Waals surface area contributed by atoms with Crippen molar-refractivity contribution in [1.82, 2.24) is 4.90 Å². The van der Waals surface area contributed by atoms with Crippen molar-refractivity contribution in [1.29, 1.82) is 0 Å². The van der Waals surface area contributed by atoms with E-state index in [9.17, 15) is 0 Å². The lowest BCUT2D eigenvalue weighted by Gasteiger charge is -2.27. The first-order valence-electron chi connectivity index (χ1n) is 6.78. The van der Waals surface area contributed by atoms with Crippen LogP contribution in [0, 0.1) is 0 Å². The lowest BCUT2D eigenvalue weighted by atomic mass is 10.1. The van der Waals surface area contributed by atoms with Crippen LogP contribution in [0.25, 0.3) is 0 Å². The first-order valence-corrected chi connectivity index (χ1v) is 7.16. The molecule has 1 aromatic rings. The predicted octanol–water partition coefficient (Wildman–Crippen LogP) is 1.96. The first kappa shape index (κ1) is 14.7. The maximum Gasteiger partial charge on any atom is 0.218 e. The number of rotatable bonds is 2. The summed E-state index contributed by atoms with van der Waals surface area (Å²) in [6, 6.07) is 7.48. The minimum Gasteiger partial charge on any atom is -0.369 e. The molecule has 0 unspecified atom stereocenters. The molecule has 2 rings (SSSR count). The summed E-state index contributed by atoms with van der Waals surface area (Å²) in [6.07, 6.45) is 3.56. The van der Waals surface area contributed by atoms with Gasteiger partial charge in [-0.15, -0.1) is 0 Å². The maximum atomic E-state index is 5.94. The minimum atomic E-state index is 0.211. The molecule has 0 saturated carbocycles. The monoisotopic (exact) mass is 293 g/mol. The third-order valence-electron chi connectivity index (χ3n) is 3.25. The summed E-state index contributed by atoms with van der Waals surface area (Å²) in [5, 5.41) is 0.707. The van der Waals surface area contributed by atoms with Crippen LogP contribution in [0.3, 0.4) is 0 Å². The Bertz CT molecular complexity index is 489. The number of nitrogens with zero attached hydrogens (tertiary/aromatic N) is 3. The van der Waals surface area contributed by atoms with Gasteiger partial charge in [-0.3, -0.25) is 0 Å². The van der Waals surface area contributed by atoms with Crippen molar-refractivity contribution < 1.29 is 0 Å². The molecule has 1 fully saturated rings. The number of likely N-dealkylation sites (tertiary alicyclic amines) is 1. The molecule has 0 aliphatic carbocycles. The normalized spacial score (nSPS) is 17.4. The number of aliphatic imine (C=N–C) groups is 2. The van der Waals surface area contributed by atoms with Crippen molar-refractivity contribution in [2.45, 2.75) is 25.8 Å². The summed E-state index contributed by atoms with van der Waals surface area (Å²) in [4.78, 5) is 10.4. The van der Waals surface area contributed by atoms with E-state index in [1.54, 1.807) is 0 Å². The fourth-order valence-electron chi connectivity index (χ4n) is 2.11. The molecule has 0 bridgehead atoms. The van der Waals surface area contributed by atoms with Crippen LogP contribution in [0.1, 0.15) is 24.8 Å². The molecule has 5 nitrogen and oxygen atoms in total. The Morgan fingerprint density at radius 2 is 1.75 bits per heavy atom. The van der Waals surface area contributed by atoms with Gasteiger partial charge in [-0.05, 0) is 37.0 Å². The summed E-state index contributed by atoms with van der Waals surface area (Å²) in [7, 11) is 0. The number of nitrogens with two attached hydrogens (primary N) is 2. The average molecular weight is 294 g/mol. The Kier molecular flexibility index (Phi) is 5.24. The molecule has 1 aliphatic rings. The van der Waals surface area contributed by atoms with Gasteiger partial charge >= 0.3 is 0 Å². The number of piperidine rings is 1. The van der Waals surface area contributed by atoms with E-state index >= 15 is 0 Å². The summed E-state index contributed by atoms with van der Waals surface area (Å²) in [5.41, 5.74) is 12.8. The maximum absolute atomic E-state index is 5.94. The molecule has 108 valence electrons. The molecule has 0 aromatic heterocycles. The number of halogens is 1. The molecule has 6 heteroatoms. The molecule has 0 atom stereocenters. The first-order chi connectivity index (χ1) is 9.65. The van der Waals surface area contributed by atoms with E-state index in [1.807, 2.05) is 29.2 Å². The van der Waals surface area contributed by atoms with E-state index in [0.717, 1.165) is 31.5 Å². The van der Waals surface area contributed by atoms with Gasteiger partial charge < -0.3 is 16.4 Å². The van der Waals surface area contributed by atoms with Gasteiger partial charge in [0.1, 0.15) is 0 Å². The molecule has 1 heterocycles. The van der Waals surface area contributed by atoms with Crippen molar-refractivity contribution in [2.24, 2.45) is 21.5 Å². The molecular formula is C14H20ClN5. The van der Waals surface area contributed by atoms with Gasteiger partial charge in [-0.1, -0.05) is 23.7 Å². The Hall–Kier alpha value is -1.75. The average Bonchev–Trinajstić information content (AvgIpc) is 2.47. The summed E-state index contributed by atoms with van der Waals surface area (Å²) >= 11 is 5.82. The molecule has 20 heavy (non-hydrogen) atoms. The van der Waals surface area contributed by atoms with Crippen LogP contribution in [-0.2, 0) is 6.54 Å². The van der Waals surface area contributed by atoms with Crippen molar-refractivity contribution in [2.75, 3.05) is 13.1 Å². The van der Waals surface area contributed by atoms with E-state index in [2.05, 4.69) is 9.98 Å². The second kappa shape index (κ2) is 7.14. The van der Waals surface area contributed by atoms with Crippen LogP contribution in [0.4, 0.5) is 0 Å². The molecule has 0 amide bonds. The van der Waals surface area contributed by atoms with Crippen LogP contribution in [0.15, 0.2) is 34.3 Å². The van der Waals surface area contributed by atoms with Crippen LogP contribution in [0.2, 0.25) is 5.02 Å². The molecular weight excluding hydrogens is 274 g/mol. The topological polar surface area (TPSA) is 80.0 Å². The predicted molar refractivity (Wildman–Crippen MR) is 83.8 cm³/mol. The van der Waals surface area contributed by atoms with Gasteiger partial charge in [0.25, 0.3) is 0 Å². The molecule has 0 spiro atoms. The smallest absolute Gasteiger partial charge is 0.218 e. The van der Waals surface area contributed by atoms with Crippen molar-refractivity contribution in [3.63, 3.8) is 0 Å². The minimum absolute atomic E-state index is 0.211. The highest BCUT2D eigenvalue weighted by molar-refractivity contribution is 6.30. The van der Waals surface area contributed by atoms with Crippen molar-refractivity contribution in [3.8, 4) is 0 Å². The fraction of sp³-hybridized carbons (Fsp3) is 0.429. The lowest BCUT2D eigenvalue weighted by Crippen LogP contribution is -2.41. The summed E-state index contributed by atoms with van der Waals surface area (Å²) in [6.45, 7) is 2.36. The third kappa shape index (κ3) is 4.42. The van der Waals surface area contributed by atoms with Gasteiger partial charge in [0.2, 0.25) is 5.96 Å². The molecule has 4 N–H and O–H groups in total. The zero-order valence-corrected chi connectivity index (χ0v) is 12.2. The number of hydrogen-bond donors (Lipinski definition) is 2. The number of benzene rings is 1. The van der Waals surface area contributed by atoms with Crippen LogP contribution in [-0.4, -0.2) is 29.9 Å². The van der Waals surface area contributed by atoms with E-state index in [0.29, 0.717) is 17.5 Å². The third-order valence-corrected chi connectivity index (χ3v) is 3.50. The van der Waals surface area contributed by atoms with Crippen LogP contribution in [0.5, 0.6) is 0 Å². The zero-order valence-electron chi connectivity index (χ0n) is 11.4. The number of guanidine groups is 2. The van der Waals surface area contributed by atoms with E-state index in [4.69, 9.17) is 23.1 Å². The standard InChI is InChI=1S/C14H20ClN5/c15-12-6-4-11(5-7-12)10-18-13(16)19-14(17)20-8-2-1-3-9-20/h4-7H,1-3,8-10H2,(H4,16,17,18,19). The van der Waals surface area contributed by atoms with Gasteiger partial charge in [0, 0.05) is 18.1 Å².